The molecule has 0 saturated carbocycles. The van der Waals surface area contributed by atoms with Crippen LogP contribution in [0, 0.1) is 0 Å². The van der Waals surface area contributed by atoms with E-state index in [9.17, 15) is 0 Å². The molecule has 0 unspecified atom stereocenters. The Kier molecular flexibility index (Phi) is 9.59. The van der Waals surface area contributed by atoms with Gasteiger partial charge in [-0.05, 0) is 88.2 Å². The summed E-state index contributed by atoms with van der Waals surface area (Å²) in [7, 11) is 0. The molecular formula is C38H46N+. The van der Waals surface area contributed by atoms with E-state index in [0.717, 1.165) is 28.7 Å². The lowest BCUT2D eigenvalue weighted by Gasteiger charge is -2.40. The molecule has 1 nitrogen and oxygen atoms in total. The van der Waals surface area contributed by atoms with Crippen LogP contribution in [0.3, 0.4) is 0 Å². The van der Waals surface area contributed by atoms with Crippen molar-refractivity contribution in [2.24, 2.45) is 0 Å². The summed E-state index contributed by atoms with van der Waals surface area (Å²) < 4.78 is 1.05. The average Bonchev–Trinajstić information content (AvgIpc) is 2.97. The van der Waals surface area contributed by atoms with Crippen molar-refractivity contribution >= 4 is 32.7 Å². The fourth-order valence-corrected chi connectivity index (χ4v) is 5.84. The van der Waals surface area contributed by atoms with Gasteiger partial charge in [0.2, 0.25) is 0 Å². The molecule has 0 heterocycles. The highest BCUT2D eigenvalue weighted by Crippen LogP contribution is 2.30. The summed E-state index contributed by atoms with van der Waals surface area (Å²) in [6.45, 7) is 22.8. The Bertz CT molecular complexity index is 1480. The van der Waals surface area contributed by atoms with E-state index in [1.807, 2.05) is 0 Å². The maximum absolute atomic E-state index is 4.63. The van der Waals surface area contributed by atoms with Gasteiger partial charge in [0.25, 0.3) is 0 Å². The number of hydrogen-bond acceptors (Lipinski definition) is 0. The second-order valence-electron chi connectivity index (χ2n) is 11.4. The number of nitrogens with zero attached hydrogens (tertiary/aromatic N) is 1. The number of fused-ring (bicyclic) bond motifs is 2. The maximum atomic E-state index is 4.63. The van der Waals surface area contributed by atoms with E-state index in [4.69, 9.17) is 0 Å². The van der Waals surface area contributed by atoms with Crippen LogP contribution in [0.2, 0.25) is 0 Å². The molecule has 4 rings (SSSR count). The van der Waals surface area contributed by atoms with Crippen LogP contribution in [0.15, 0.2) is 109 Å². The van der Waals surface area contributed by atoms with E-state index in [2.05, 4.69) is 126 Å². The molecule has 0 spiro atoms. The van der Waals surface area contributed by atoms with Gasteiger partial charge in [-0.1, -0.05) is 113 Å². The smallest absolute Gasteiger partial charge is 0.105 e. The molecule has 0 N–H and O–H groups in total. The van der Waals surface area contributed by atoms with Crippen molar-refractivity contribution in [2.75, 3.05) is 26.2 Å². The Labute approximate surface area is 236 Å². The van der Waals surface area contributed by atoms with Gasteiger partial charge in [0, 0.05) is 5.57 Å². The molecular weight excluding hydrogens is 470 g/mol. The molecule has 0 radical (unpaired) electrons. The molecule has 0 aliphatic rings. The molecule has 1 heteroatoms. The van der Waals surface area contributed by atoms with Crippen LogP contribution in [0.25, 0.3) is 32.7 Å². The first-order valence-electron chi connectivity index (χ1n) is 14.7. The quantitative estimate of drug-likeness (QED) is 0.122. The van der Waals surface area contributed by atoms with Crippen LogP contribution >= 0.6 is 0 Å². The van der Waals surface area contributed by atoms with Gasteiger partial charge >= 0.3 is 0 Å². The Morgan fingerprint density at radius 2 is 1.10 bits per heavy atom. The van der Waals surface area contributed by atoms with Crippen LogP contribution in [0.5, 0.6) is 0 Å². The fourth-order valence-electron chi connectivity index (χ4n) is 5.84. The molecule has 0 aliphatic carbocycles. The SMILES string of the molecule is C=C(C[N+](CCCC)(CCCC)C/C(C)=C(/C)c1ccc2ccccc2c1)C(=C)c1ccc2ccccc2c1. The van der Waals surface area contributed by atoms with Gasteiger partial charge in [-0.3, -0.25) is 0 Å². The number of benzene rings is 4. The van der Waals surface area contributed by atoms with Crippen LogP contribution in [-0.4, -0.2) is 30.7 Å². The van der Waals surface area contributed by atoms with E-state index < -0.39 is 0 Å². The third-order valence-electron chi connectivity index (χ3n) is 8.42. The summed E-state index contributed by atoms with van der Waals surface area (Å²) in [6.07, 6.45) is 4.86. The normalized spacial score (nSPS) is 12.5. The number of allylic oxidation sites excluding steroid dienone is 1. The van der Waals surface area contributed by atoms with Crippen molar-refractivity contribution in [2.45, 2.75) is 53.4 Å². The lowest BCUT2D eigenvalue weighted by atomic mass is 9.95. The Morgan fingerprint density at radius 1 is 0.615 bits per heavy atom. The standard InChI is InChI=1S/C38H46N/c1-7-9-23-39(24-10-8-2,27-29(3)31(5)35-21-19-33-15-11-13-17-37(33)25-35)28-30(4)32(6)36-22-20-34-16-12-14-18-38(34)26-36/h11-22,25-26H,3,5,7-10,23-24,27-28H2,1-2,4,6H3/q+1/b32-30-. The maximum Gasteiger partial charge on any atom is 0.105 e. The largest absolute Gasteiger partial charge is 0.316 e. The van der Waals surface area contributed by atoms with E-state index in [1.165, 1.54) is 82.6 Å². The zero-order valence-corrected chi connectivity index (χ0v) is 24.6. The highest BCUT2D eigenvalue weighted by molar-refractivity contribution is 5.89. The predicted octanol–water partition coefficient (Wildman–Crippen LogP) is 10.5. The van der Waals surface area contributed by atoms with Gasteiger partial charge in [0.05, 0.1) is 13.1 Å². The van der Waals surface area contributed by atoms with Crippen molar-refractivity contribution < 1.29 is 4.48 Å². The van der Waals surface area contributed by atoms with E-state index in [1.54, 1.807) is 0 Å². The van der Waals surface area contributed by atoms with Gasteiger partial charge < -0.3 is 4.48 Å². The molecule has 202 valence electrons. The first kappa shape index (κ1) is 28.6. The van der Waals surface area contributed by atoms with Crippen molar-refractivity contribution in [3.8, 4) is 0 Å². The van der Waals surface area contributed by atoms with Gasteiger partial charge in [0.1, 0.15) is 13.1 Å². The number of hydrogen-bond donors (Lipinski definition) is 0. The van der Waals surface area contributed by atoms with Gasteiger partial charge in [-0.2, -0.15) is 0 Å². The van der Waals surface area contributed by atoms with E-state index >= 15 is 0 Å². The van der Waals surface area contributed by atoms with Gasteiger partial charge in [-0.25, -0.2) is 0 Å². The monoisotopic (exact) mass is 516 g/mol. The summed E-state index contributed by atoms with van der Waals surface area (Å²) in [6, 6.07) is 30.8. The van der Waals surface area contributed by atoms with Crippen LogP contribution < -0.4 is 0 Å². The number of rotatable bonds is 13. The summed E-state index contributed by atoms with van der Waals surface area (Å²) in [4.78, 5) is 0. The van der Waals surface area contributed by atoms with Crippen LogP contribution in [0.1, 0.15) is 64.5 Å². The van der Waals surface area contributed by atoms with Gasteiger partial charge in [-0.15, -0.1) is 0 Å². The molecule has 0 atom stereocenters. The molecule has 4 aromatic rings. The highest BCUT2D eigenvalue weighted by Gasteiger charge is 2.29. The lowest BCUT2D eigenvalue weighted by molar-refractivity contribution is -0.919. The van der Waals surface area contributed by atoms with Gasteiger partial charge in [0.15, 0.2) is 0 Å². The van der Waals surface area contributed by atoms with Crippen molar-refractivity contribution in [3.63, 3.8) is 0 Å². The third-order valence-corrected chi connectivity index (χ3v) is 8.42. The fraction of sp³-hybridized carbons (Fsp3) is 0.316. The molecule has 0 saturated heterocycles. The van der Waals surface area contributed by atoms with E-state index in [-0.39, 0.29) is 0 Å². The average molecular weight is 517 g/mol. The molecule has 39 heavy (non-hydrogen) atoms. The second kappa shape index (κ2) is 13.1. The Hall–Kier alpha value is -3.42. The first-order valence-corrected chi connectivity index (χ1v) is 14.7. The summed E-state index contributed by atoms with van der Waals surface area (Å²) in [5.41, 5.74) is 7.62. The van der Waals surface area contributed by atoms with Crippen molar-refractivity contribution in [3.05, 3.63) is 120 Å². The minimum Gasteiger partial charge on any atom is -0.316 e. The zero-order valence-electron chi connectivity index (χ0n) is 24.6. The zero-order chi connectivity index (χ0) is 27.8. The lowest BCUT2D eigenvalue weighted by Crippen LogP contribution is -2.51. The second-order valence-corrected chi connectivity index (χ2v) is 11.4. The summed E-state index contributed by atoms with van der Waals surface area (Å²) >= 11 is 0. The predicted molar refractivity (Wildman–Crippen MR) is 174 cm³/mol. The molecule has 0 aromatic heterocycles. The van der Waals surface area contributed by atoms with Crippen molar-refractivity contribution in [1.82, 2.24) is 0 Å². The topological polar surface area (TPSA) is 0 Å². The summed E-state index contributed by atoms with van der Waals surface area (Å²) in [5, 5.41) is 5.12. The summed E-state index contributed by atoms with van der Waals surface area (Å²) in [5.74, 6) is 0. The Morgan fingerprint density at radius 3 is 1.64 bits per heavy atom. The number of quaternary nitrogens is 1. The van der Waals surface area contributed by atoms with Crippen LogP contribution in [0.4, 0.5) is 0 Å². The van der Waals surface area contributed by atoms with E-state index in [0.29, 0.717) is 0 Å². The highest BCUT2D eigenvalue weighted by atomic mass is 15.3. The molecule has 0 fully saturated rings. The number of unbranched alkanes of at least 4 members (excludes halogenated alkanes) is 2. The minimum atomic E-state index is 0.938. The third kappa shape index (κ3) is 6.97. The molecule has 0 aliphatic heterocycles. The molecule has 0 amide bonds. The minimum absolute atomic E-state index is 0.938. The first-order chi connectivity index (χ1) is 18.9. The van der Waals surface area contributed by atoms with Crippen LogP contribution in [-0.2, 0) is 0 Å². The van der Waals surface area contributed by atoms with Crippen molar-refractivity contribution in [1.29, 1.82) is 0 Å². The molecule has 4 aromatic carbocycles. The molecule has 0 bridgehead atoms. The Balaban J connectivity index is 1.64.